The SMILES string of the molecule is COC(=O)COc1cccc(CNC(=O)C2C3CCC(C3)C2N)c1.Cl. The van der Waals surface area contributed by atoms with Crippen molar-refractivity contribution < 1.29 is 19.1 Å². The molecule has 2 bridgehead atoms. The van der Waals surface area contributed by atoms with Gasteiger partial charge in [-0.25, -0.2) is 4.79 Å². The average Bonchev–Trinajstić information content (AvgIpc) is 3.19. The number of carbonyl (C=O) groups excluding carboxylic acids is 2. The van der Waals surface area contributed by atoms with Crippen LogP contribution in [0.1, 0.15) is 24.8 Å². The molecule has 25 heavy (non-hydrogen) atoms. The van der Waals surface area contributed by atoms with E-state index in [4.69, 9.17) is 10.5 Å². The first kappa shape index (κ1) is 19.5. The van der Waals surface area contributed by atoms with Crippen LogP contribution in [-0.2, 0) is 20.9 Å². The second kappa shape index (κ2) is 8.54. The number of halogens is 1. The highest BCUT2D eigenvalue weighted by Crippen LogP contribution is 2.47. The third kappa shape index (κ3) is 4.44. The third-order valence-corrected chi connectivity index (χ3v) is 5.23. The molecule has 0 saturated heterocycles. The Morgan fingerprint density at radius 2 is 2.04 bits per heavy atom. The number of ether oxygens (including phenoxy) is 2. The van der Waals surface area contributed by atoms with Gasteiger partial charge < -0.3 is 20.5 Å². The Labute approximate surface area is 153 Å². The fourth-order valence-electron chi connectivity index (χ4n) is 3.98. The number of amides is 1. The summed E-state index contributed by atoms with van der Waals surface area (Å²) >= 11 is 0. The van der Waals surface area contributed by atoms with Crippen LogP contribution >= 0.6 is 12.4 Å². The zero-order valence-corrected chi connectivity index (χ0v) is 15.1. The summed E-state index contributed by atoms with van der Waals surface area (Å²) in [5.41, 5.74) is 7.13. The van der Waals surface area contributed by atoms with Crippen molar-refractivity contribution in [2.45, 2.75) is 31.8 Å². The zero-order valence-electron chi connectivity index (χ0n) is 14.3. The predicted molar refractivity (Wildman–Crippen MR) is 95.3 cm³/mol. The van der Waals surface area contributed by atoms with Gasteiger partial charge in [0.2, 0.25) is 5.91 Å². The highest BCUT2D eigenvalue weighted by Gasteiger charge is 2.48. The molecule has 0 radical (unpaired) electrons. The minimum absolute atomic E-state index is 0. The lowest BCUT2D eigenvalue weighted by molar-refractivity contribution is -0.142. The number of benzene rings is 1. The highest BCUT2D eigenvalue weighted by molar-refractivity contribution is 5.85. The van der Waals surface area contributed by atoms with Gasteiger partial charge in [0.05, 0.1) is 13.0 Å². The molecular formula is C18H25ClN2O4. The quantitative estimate of drug-likeness (QED) is 0.745. The Hall–Kier alpha value is -1.79. The van der Waals surface area contributed by atoms with E-state index in [2.05, 4.69) is 10.1 Å². The summed E-state index contributed by atoms with van der Waals surface area (Å²) in [5.74, 6) is 1.10. The van der Waals surface area contributed by atoms with Gasteiger partial charge in [-0.15, -0.1) is 12.4 Å². The van der Waals surface area contributed by atoms with Crippen molar-refractivity contribution in [3.63, 3.8) is 0 Å². The zero-order chi connectivity index (χ0) is 17.1. The van der Waals surface area contributed by atoms with E-state index in [0.717, 1.165) is 24.8 Å². The van der Waals surface area contributed by atoms with Crippen LogP contribution in [0.5, 0.6) is 5.75 Å². The maximum Gasteiger partial charge on any atom is 0.343 e. The lowest BCUT2D eigenvalue weighted by Gasteiger charge is -2.27. The summed E-state index contributed by atoms with van der Waals surface area (Å²) in [7, 11) is 1.32. The van der Waals surface area contributed by atoms with Gasteiger partial charge >= 0.3 is 5.97 Å². The lowest BCUT2D eigenvalue weighted by atomic mass is 9.84. The number of rotatable bonds is 6. The third-order valence-electron chi connectivity index (χ3n) is 5.23. The molecule has 4 atom stereocenters. The summed E-state index contributed by atoms with van der Waals surface area (Å²) < 4.78 is 9.90. The van der Waals surface area contributed by atoms with Crippen LogP contribution in [0.2, 0.25) is 0 Å². The number of nitrogens with two attached hydrogens (primary N) is 1. The Morgan fingerprint density at radius 1 is 1.28 bits per heavy atom. The van der Waals surface area contributed by atoms with Crippen LogP contribution in [0.4, 0.5) is 0 Å². The maximum absolute atomic E-state index is 12.5. The van der Waals surface area contributed by atoms with Crippen molar-refractivity contribution in [3.8, 4) is 5.75 Å². The standard InChI is InChI=1S/C18H24N2O4.ClH/c1-23-15(21)10-24-14-4-2-3-11(7-14)9-20-18(22)16-12-5-6-13(8-12)17(16)19;/h2-4,7,12-13,16-17H,5-6,8-10,19H2,1H3,(H,20,22);1H. The molecule has 138 valence electrons. The molecule has 7 heteroatoms. The van der Waals surface area contributed by atoms with E-state index in [1.54, 1.807) is 6.07 Å². The monoisotopic (exact) mass is 368 g/mol. The molecule has 2 aliphatic carbocycles. The Bertz CT molecular complexity index is 623. The summed E-state index contributed by atoms with van der Waals surface area (Å²) in [4.78, 5) is 23.6. The van der Waals surface area contributed by atoms with Gasteiger partial charge in [0, 0.05) is 12.6 Å². The largest absolute Gasteiger partial charge is 0.482 e. The summed E-state index contributed by atoms with van der Waals surface area (Å²) in [6.45, 7) is 0.293. The molecule has 0 spiro atoms. The number of hydrogen-bond donors (Lipinski definition) is 2. The van der Waals surface area contributed by atoms with Gasteiger partial charge in [-0.2, -0.15) is 0 Å². The van der Waals surface area contributed by atoms with Gasteiger partial charge in [0.15, 0.2) is 6.61 Å². The van der Waals surface area contributed by atoms with Crippen LogP contribution < -0.4 is 15.8 Å². The van der Waals surface area contributed by atoms with Crippen LogP contribution in [0.3, 0.4) is 0 Å². The molecule has 0 heterocycles. The van der Waals surface area contributed by atoms with Gasteiger partial charge in [-0.05, 0) is 48.8 Å². The van der Waals surface area contributed by atoms with Gasteiger partial charge in [-0.3, -0.25) is 4.79 Å². The molecule has 1 aromatic rings. The number of fused-ring (bicyclic) bond motifs is 2. The molecule has 4 unspecified atom stereocenters. The molecule has 2 aliphatic rings. The summed E-state index contributed by atoms with van der Waals surface area (Å²) in [5, 5.41) is 2.99. The second-order valence-electron chi connectivity index (χ2n) is 6.67. The van der Waals surface area contributed by atoms with E-state index >= 15 is 0 Å². The Balaban J connectivity index is 0.00000225. The molecule has 2 saturated carbocycles. The smallest absolute Gasteiger partial charge is 0.343 e. The number of hydrogen-bond acceptors (Lipinski definition) is 5. The molecule has 2 fully saturated rings. The molecule has 0 aromatic heterocycles. The fourth-order valence-corrected chi connectivity index (χ4v) is 3.98. The topological polar surface area (TPSA) is 90.6 Å². The molecule has 6 nitrogen and oxygen atoms in total. The molecule has 0 aliphatic heterocycles. The van der Waals surface area contributed by atoms with E-state index in [-0.39, 0.29) is 36.9 Å². The minimum atomic E-state index is -0.432. The van der Waals surface area contributed by atoms with E-state index in [9.17, 15) is 9.59 Å². The molecule has 1 amide bonds. The molecular weight excluding hydrogens is 344 g/mol. The van der Waals surface area contributed by atoms with Crippen molar-refractivity contribution in [1.29, 1.82) is 0 Å². The van der Waals surface area contributed by atoms with E-state index in [1.165, 1.54) is 7.11 Å². The van der Waals surface area contributed by atoms with Crippen molar-refractivity contribution in [3.05, 3.63) is 29.8 Å². The number of nitrogens with one attached hydrogen (secondary N) is 1. The number of methoxy groups -OCH3 is 1. The summed E-state index contributed by atoms with van der Waals surface area (Å²) in [6.07, 6.45) is 3.37. The van der Waals surface area contributed by atoms with Crippen molar-refractivity contribution in [2.75, 3.05) is 13.7 Å². The molecule has 1 aromatic carbocycles. The van der Waals surface area contributed by atoms with Crippen LogP contribution in [0.15, 0.2) is 24.3 Å². The van der Waals surface area contributed by atoms with Gasteiger partial charge in [0.25, 0.3) is 0 Å². The Kier molecular flexibility index (Phi) is 6.67. The first-order chi connectivity index (χ1) is 11.6. The van der Waals surface area contributed by atoms with E-state index < -0.39 is 5.97 Å². The van der Waals surface area contributed by atoms with Crippen molar-refractivity contribution in [1.82, 2.24) is 5.32 Å². The predicted octanol–water partition coefficient (Wildman–Crippen LogP) is 1.65. The van der Waals surface area contributed by atoms with Crippen LogP contribution in [-0.4, -0.2) is 31.6 Å². The first-order valence-electron chi connectivity index (χ1n) is 8.40. The van der Waals surface area contributed by atoms with Crippen molar-refractivity contribution in [2.24, 2.45) is 23.5 Å². The highest BCUT2D eigenvalue weighted by atomic mass is 35.5. The van der Waals surface area contributed by atoms with Gasteiger partial charge in [0.1, 0.15) is 5.75 Å². The van der Waals surface area contributed by atoms with Crippen molar-refractivity contribution >= 4 is 24.3 Å². The maximum atomic E-state index is 12.5. The second-order valence-corrected chi connectivity index (χ2v) is 6.67. The lowest BCUT2D eigenvalue weighted by Crippen LogP contribution is -2.45. The van der Waals surface area contributed by atoms with E-state index in [0.29, 0.717) is 24.1 Å². The minimum Gasteiger partial charge on any atom is -0.482 e. The Morgan fingerprint density at radius 3 is 2.72 bits per heavy atom. The summed E-state index contributed by atoms with van der Waals surface area (Å²) in [6, 6.07) is 7.31. The first-order valence-corrected chi connectivity index (χ1v) is 8.40. The molecule has 3 N–H and O–H groups in total. The van der Waals surface area contributed by atoms with Gasteiger partial charge in [-0.1, -0.05) is 12.1 Å². The fraction of sp³-hybridized carbons (Fsp3) is 0.556. The van der Waals surface area contributed by atoms with Crippen LogP contribution in [0, 0.1) is 17.8 Å². The molecule has 3 rings (SSSR count). The number of esters is 1. The number of carbonyl (C=O) groups is 2. The van der Waals surface area contributed by atoms with E-state index in [1.807, 2.05) is 18.2 Å². The van der Waals surface area contributed by atoms with Crippen LogP contribution in [0.25, 0.3) is 0 Å². The normalized spacial score (nSPS) is 26.6. The average molecular weight is 369 g/mol.